The van der Waals surface area contributed by atoms with Crippen LogP contribution in [0, 0.1) is 12.3 Å². The van der Waals surface area contributed by atoms with Crippen molar-refractivity contribution in [2.24, 2.45) is 0 Å². The van der Waals surface area contributed by atoms with E-state index >= 15 is 0 Å². The Morgan fingerprint density at radius 1 is 1.44 bits per heavy atom. The number of hydrogen-bond donors (Lipinski definition) is 0. The van der Waals surface area contributed by atoms with Gasteiger partial charge >= 0.3 is 0 Å². The van der Waals surface area contributed by atoms with Crippen LogP contribution in [0.5, 0.6) is 0 Å². The Morgan fingerprint density at radius 2 is 2.17 bits per heavy atom. The molecule has 1 aliphatic heterocycles. The minimum absolute atomic E-state index is 0.00414. The summed E-state index contributed by atoms with van der Waals surface area (Å²) in [5.74, 6) is 2.49. The Labute approximate surface area is 124 Å². The van der Waals surface area contributed by atoms with Gasteiger partial charge in [0, 0.05) is 4.83 Å². The first-order valence-electron chi connectivity index (χ1n) is 6.38. The fourth-order valence-electron chi connectivity index (χ4n) is 1.98. The number of hydrogen-bond acceptors (Lipinski definition) is 1. The highest BCUT2D eigenvalue weighted by atomic mass is 79.9. The van der Waals surface area contributed by atoms with Crippen LogP contribution >= 0.6 is 27.5 Å². The van der Waals surface area contributed by atoms with E-state index in [2.05, 4.69) is 40.9 Å². The van der Waals surface area contributed by atoms with Crippen molar-refractivity contribution in [3.05, 3.63) is 24.3 Å². The Morgan fingerprint density at radius 3 is 2.83 bits per heavy atom. The van der Waals surface area contributed by atoms with Crippen LogP contribution in [0.4, 0.5) is 0 Å². The zero-order valence-corrected chi connectivity index (χ0v) is 13.0. The standard InChI is InChI=1S/C15H20BrClO/c1-3-5-6-11-15-13(17)10-8-7-9-12(16)14(4-2)18-15/h1,5-8,12-15H,4,9-11H2,2H3/b6-5-,8-7-. The minimum Gasteiger partial charge on any atom is -0.372 e. The van der Waals surface area contributed by atoms with Gasteiger partial charge in [-0.1, -0.05) is 47.0 Å². The number of alkyl halides is 2. The highest BCUT2D eigenvalue weighted by molar-refractivity contribution is 9.09. The molecule has 0 aliphatic carbocycles. The molecule has 1 rings (SSSR count). The molecule has 0 aromatic heterocycles. The van der Waals surface area contributed by atoms with Gasteiger partial charge in [0.1, 0.15) is 0 Å². The summed E-state index contributed by atoms with van der Waals surface area (Å²) in [5.41, 5.74) is 0. The van der Waals surface area contributed by atoms with Gasteiger partial charge in [-0.3, -0.25) is 0 Å². The molecule has 1 heterocycles. The molecule has 4 unspecified atom stereocenters. The van der Waals surface area contributed by atoms with E-state index in [0.717, 1.165) is 25.7 Å². The summed E-state index contributed by atoms with van der Waals surface area (Å²) in [6.07, 6.45) is 17.0. The van der Waals surface area contributed by atoms with E-state index in [0.29, 0.717) is 4.83 Å². The van der Waals surface area contributed by atoms with Crippen molar-refractivity contribution in [3.63, 3.8) is 0 Å². The van der Waals surface area contributed by atoms with Crippen molar-refractivity contribution < 1.29 is 4.74 Å². The maximum Gasteiger partial charge on any atom is 0.0780 e. The SMILES string of the molecule is C#C/C=C\CC1OC(CC)C(Br)C/C=C\CC1Cl. The van der Waals surface area contributed by atoms with Crippen LogP contribution in [0.1, 0.15) is 32.6 Å². The summed E-state index contributed by atoms with van der Waals surface area (Å²) in [5, 5.41) is -0.00414. The minimum atomic E-state index is -0.00414. The molecule has 0 spiro atoms. The molecule has 0 aromatic rings. The van der Waals surface area contributed by atoms with Gasteiger partial charge in [0.2, 0.25) is 0 Å². The lowest BCUT2D eigenvalue weighted by atomic mass is 10.1. The van der Waals surface area contributed by atoms with Gasteiger partial charge in [-0.25, -0.2) is 0 Å². The lowest BCUT2D eigenvalue weighted by molar-refractivity contribution is -0.0123. The molecule has 18 heavy (non-hydrogen) atoms. The van der Waals surface area contributed by atoms with Gasteiger partial charge < -0.3 is 4.74 Å². The van der Waals surface area contributed by atoms with Crippen LogP contribution in [0.25, 0.3) is 0 Å². The van der Waals surface area contributed by atoms with Crippen LogP contribution in [0.3, 0.4) is 0 Å². The average Bonchev–Trinajstić information content (AvgIpc) is 2.43. The predicted octanol–water partition coefficient (Wildman–Crippen LogP) is 4.45. The molecule has 0 saturated carbocycles. The van der Waals surface area contributed by atoms with Crippen LogP contribution < -0.4 is 0 Å². The third-order valence-electron chi connectivity index (χ3n) is 3.03. The summed E-state index contributed by atoms with van der Waals surface area (Å²) in [6, 6.07) is 0. The summed E-state index contributed by atoms with van der Waals surface area (Å²) in [6.45, 7) is 2.14. The summed E-state index contributed by atoms with van der Waals surface area (Å²) in [4.78, 5) is 0.347. The van der Waals surface area contributed by atoms with E-state index in [4.69, 9.17) is 22.8 Å². The first kappa shape index (κ1) is 15.8. The number of rotatable bonds is 3. The van der Waals surface area contributed by atoms with Gasteiger partial charge in [0.25, 0.3) is 0 Å². The van der Waals surface area contributed by atoms with E-state index in [1.807, 2.05) is 6.08 Å². The lowest BCUT2D eigenvalue weighted by Crippen LogP contribution is -2.33. The summed E-state index contributed by atoms with van der Waals surface area (Å²) >= 11 is 10.1. The zero-order chi connectivity index (χ0) is 13.4. The van der Waals surface area contributed by atoms with E-state index in [-0.39, 0.29) is 17.6 Å². The van der Waals surface area contributed by atoms with Crippen LogP contribution in [-0.2, 0) is 4.74 Å². The third kappa shape index (κ3) is 5.18. The molecule has 1 nitrogen and oxygen atoms in total. The largest absolute Gasteiger partial charge is 0.372 e. The molecule has 4 atom stereocenters. The fraction of sp³-hybridized carbons (Fsp3) is 0.600. The second-order valence-electron chi connectivity index (χ2n) is 4.40. The molecule has 0 fully saturated rings. The summed E-state index contributed by atoms with van der Waals surface area (Å²) in [7, 11) is 0. The van der Waals surface area contributed by atoms with Crippen molar-refractivity contribution in [1.29, 1.82) is 0 Å². The monoisotopic (exact) mass is 330 g/mol. The first-order chi connectivity index (χ1) is 8.69. The molecule has 1 aliphatic rings. The Kier molecular flexibility index (Phi) is 7.74. The van der Waals surface area contributed by atoms with E-state index in [1.165, 1.54) is 0 Å². The van der Waals surface area contributed by atoms with Crippen molar-refractivity contribution in [2.45, 2.75) is 55.0 Å². The second kappa shape index (κ2) is 8.80. The summed E-state index contributed by atoms with van der Waals surface area (Å²) < 4.78 is 6.15. The maximum atomic E-state index is 6.40. The van der Waals surface area contributed by atoms with E-state index in [1.54, 1.807) is 6.08 Å². The molecule has 0 radical (unpaired) electrons. The number of allylic oxidation sites excluding steroid dienone is 3. The van der Waals surface area contributed by atoms with Gasteiger partial charge in [-0.2, -0.15) is 0 Å². The first-order valence-corrected chi connectivity index (χ1v) is 7.74. The topological polar surface area (TPSA) is 9.23 Å². The van der Waals surface area contributed by atoms with E-state index in [9.17, 15) is 0 Å². The van der Waals surface area contributed by atoms with Crippen molar-refractivity contribution in [3.8, 4) is 12.3 Å². The fourth-order valence-corrected chi connectivity index (χ4v) is 2.96. The molecular formula is C15H20BrClO. The normalized spacial score (nSPS) is 35.4. The van der Waals surface area contributed by atoms with E-state index < -0.39 is 0 Å². The van der Waals surface area contributed by atoms with Gasteiger partial charge in [-0.15, -0.1) is 18.0 Å². The maximum absolute atomic E-state index is 6.40. The van der Waals surface area contributed by atoms with Crippen molar-refractivity contribution in [2.75, 3.05) is 0 Å². The second-order valence-corrected chi connectivity index (χ2v) is 6.14. The predicted molar refractivity (Wildman–Crippen MR) is 82.3 cm³/mol. The third-order valence-corrected chi connectivity index (χ3v) is 4.45. The van der Waals surface area contributed by atoms with Gasteiger partial charge in [0.05, 0.1) is 17.6 Å². The Balaban J connectivity index is 2.73. The number of ether oxygens (including phenoxy) is 1. The highest BCUT2D eigenvalue weighted by Gasteiger charge is 2.26. The molecule has 0 amide bonds. The molecular weight excluding hydrogens is 312 g/mol. The molecule has 0 aromatic carbocycles. The van der Waals surface area contributed by atoms with Crippen LogP contribution in [-0.4, -0.2) is 22.4 Å². The van der Waals surface area contributed by atoms with Crippen LogP contribution in [0.15, 0.2) is 24.3 Å². The Bertz CT molecular complexity index is 332. The molecule has 3 heteroatoms. The number of terminal acetylenes is 1. The molecule has 100 valence electrons. The number of halogens is 2. The van der Waals surface area contributed by atoms with Crippen molar-refractivity contribution >= 4 is 27.5 Å². The van der Waals surface area contributed by atoms with Crippen LogP contribution in [0.2, 0.25) is 0 Å². The highest BCUT2D eigenvalue weighted by Crippen LogP contribution is 2.26. The lowest BCUT2D eigenvalue weighted by Gasteiger charge is -2.28. The Hall–Kier alpha value is -0.230. The molecule has 0 N–H and O–H groups in total. The molecule has 0 bridgehead atoms. The van der Waals surface area contributed by atoms with Gasteiger partial charge in [0.15, 0.2) is 0 Å². The smallest absolute Gasteiger partial charge is 0.0780 e. The zero-order valence-electron chi connectivity index (χ0n) is 10.7. The molecule has 0 saturated heterocycles. The average molecular weight is 332 g/mol. The van der Waals surface area contributed by atoms with Crippen molar-refractivity contribution in [1.82, 2.24) is 0 Å². The quantitative estimate of drug-likeness (QED) is 0.422. The van der Waals surface area contributed by atoms with Gasteiger partial charge in [-0.05, 0) is 31.8 Å².